The van der Waals surface area contributed by atoms with Crippen molar-refractivity contribution in [1.82, 2.24) is 10.6 Å². The molecule has 0 aliphatic heterocycles. The van der Waals surface area contributed by atoms with E-state index in [0.29, 0.717) is 12.8 Å². The van der Waals surface area contributed by atoms with Crippen LogP contribution in [0.2, 0.25) is 0 Å². The standard InChI is InChI=1S/C10H13F3N2O2/c1-8(2-3-8)6(16)14-9(4-5-9)15-7(17)10(11,12)13/h2-5H2,1H3,(H,14,16)(H,15,17). The molecule has 96 valence electrons. The maximum atomic E-state index is 12.1. The minimum atomic E-state index is -4.91. The first-order chi connectivity index (χ1) is 7.67. The van der Waals surface area contributed by atoms with Gasteiger partial charge in [-0.2, -0.15) is 13.2 Å². The molecule has 2 saturated carbocycles. The van der Waals surface area contributed by atoms with Crippen LogP contribution in [0.1, 0.15) is 32.6 Å². The lowest BCUT2D eigenvalue weighted by molar-refractivity contribution is -0.175. The van der Waals surface area contributed by atoms with E-state index in [2.05, 4.69) is 5.32 Å². The average Bonchev–Trinajstić information content (AvgIpc) is 3.05. The first-order valence-electron chi connectivity index (χ1n) is 5.39. The molecule has 0 radical (unpaired) electrons. The third kappa shape index (κ3) is 2.53. The number of carbonyl (C=O) groups excluding carboxylic acids is 2. The zero-order valence-corrected chi connectivity index (χ0v) is 9.28. The van der Waals surface area contributed by atoms with Crippen LogP contribution < -0.4 is 10.6 Å². The normalized spacial score (nSPS) is 23.8. The molecule has 2 amide bonds. The van der Waals surface area contributed by atoms with E-state index in [1.54, 1.807) is 6.92 Å². The molecule has 0 saturated heterocycles. The lowest BCUT2D eigenvalue weighted by Crippen LogP contribution is -2.55. The Hall–Kier alpha value is -1.27. The number of hydrogen-bond donors (Lipinski definition) is 2. The molecule has 0 aromatic rings. The Balaban J connectivity index is 1.92. The van der Waals surface area contributed by atoms with Gasteiger partial charge in [0.15, 0.2) is 0 Å². The number of amides is 2. The Kier molecular flexibility index (Phi) is 2.41. The molecule has 2 N–H and O–H groups in total. The second-order valence-electron chi connectivity index (χ2n) is 5.05. The summed E-state index contributed by atoms with van der Waals surface area (Å²) in [5.41, 5.74) is -1.63. The smallest absolute Gasteiger partial charge is 0.333 e. The van der Waals surface area contributed by atoms with Gasteiger partial charge in [-0.1, -0.05) is 6.92 Å². The van der Waals surface area contributed by atoms with Gasteiger partial charge in [-0.05, 0) is 25.7 Å². The van der Waals surface area contributed by atoms with Crippen LogP contribution in [0.3, 0.4) is 0 Å². The molecule has 0 atom stereocenters. The molecule has 7 heteroatoms. The van der Waals surface area contributed by atoms with Crippen LogP contribution in [0.5, 0.6) is 0 Å². The van der Waals surface area contributed by atoms with Gasteiger partial charge in [0.05, 0.1) is 0 Å². The van der Waals surface area contributed by atoms with Crippen molar-refractivity contribution in [3.05, 3.63) is 0 Å². The van der Waals surface area contributed by atoms with Crippen LogP contribution in [-0.4, -0.2) is 23.7 Å². The van der Waals surface area contributed by atoms with Crippen molar-refractivity contribution in [2.24, 2.45) is 5.41 Å². The van der Waals surface area contributed by atoms with E-state index in [4.69, 9.17) is 0 Å². The molecule has 0 aromatic heterocycles. The van der Waals surface area contributed by atoms with Crippen molar-refractivity contribution in [2.45, 2.75) is 44.4 Å². The minimum Gasteiger partial charge on any atom is -0.333 e. The topological polar surface area (TPSA) is 58.2 Å². The van der Waals surface area contributed by atoms with Crippen LogP contribution in [-0.2, 0) is 9.59 Å². The Morgan fingerprint density at radius 1 is 1.06 bits per heavy atom. The molecule has 0 aromatic carbocycles. The summed E-state index contributed by atoms with van der Waals surface area (Å²) in [6.45, 7) is 1.75. The van der Waals surface area contributed by atoms with E-state index in [0.717, 1.165) is 12.8 Å². The van der Waals surface area contributed by atoms with Crippen LogP contribution >= 0.6 is 0 Å². The van der Waals surface area contributed by atoms with E-state index in [9.17, 15) is 22.8 Å². The fraction of sp³-hybridized carbons (Fsp3) is 0.800. The van der Waals surface area contributed by atoms with Crippen molar-refractivity contribution in [1.29, 1.82) is 0 Å². The molecule has 0 spiro atoms. The first kappa shape index (κ1) is 12.2. The van der Waals surface area contributed by atoms with Crippen molar-refractivity contribution >= 4 is 11.8 Å². The number of carbonyl (C=O) groups is 2. The van der Waals surface area contributed by atoms with E-state index in [1.165, 1.54) is 0 Å². The average molecular weight is 250 g/mol. The van der Waals surface area contributed by atoms with E-state index in [-0.39, 0.29) is 5.91 Å². The molecular formula is C10H13F3N2O2. The number of alkyl halides is 3. The van der Waals surface area contributed by atoms with Gasteiger partial charge in [-0.25, -0.2) is 0 Å². The van der Waals surface area contributed by atoms with Crippen molar-refractivity contribution < 1.29 is 22.8 Å². The molecule has 2 fully saturated rings. The van der Waals surface area contributed by atoms with Gasteiger partial charge in [-0.15, -0.1) is 0 Å². The van der Waals surface area contributed by atoms with Gasteiger partial charge in [0.25, 0.3) is 0 Å². The molecule has 17 heavy (non-hydrogen) atoms. The number of hydrogen-bond acceptors (Lipinski definition) is 2. The van der Waals surface area contributed by atoms with Crippen molar-refractivity contribution in [2.75, 3.05) is 0 Å². The molecular weight excluding hydrogens is 237 g/mol. The van der Waals surface area contributed by atoms with Crippen molar-refractivity contribution in [3.8, 4) is 0 Å². The van der Waals surface area contributed by atoms with Crippen LogP contribution in [0.4, 0.5) is 13.2 Å². The Labute approximate surface area is 95.9 Å². The second-order valence-corrected chi connectivity index (χ2v) is 5.05. The lowest BCUT2D eigenvalue weighted by Gasteiger charge is -2.22. The van der Waals surface area contributed by atoms with Gasteiger partial charge in [0.1, 0.15) is 5.66 Å². The van der Waals surface area contributed by atoms with Gasteiger partial charge in [0, 0.05) is 5.41 Å². The quantitative estimate of drug-likeness (QED) is 0.736. The third-order valence-corrected chi connectivity index (χ3v) is 3.26. The fourth-order valence-corrected chi connectivity index (χ4v) is 1.48. The number of halogens is 3. The lowest BCUT2D eigenvalue weighted by atomic mass is 10.1. The predicted molar refractivity (Wildman–Crippen MR) is 51.6 cm³/mol. The summed E-state index contributed by atoms with van der Waals surface area (Å²) < 4.78 is 36.2. The highest BCUT2D eigenvalue weighted by atomic mass is 19.4. The molecule has 0 unspecified atom stereocenters. The van der Waals surface area contributed by atoms with E-state index >= 15 is 0 Å². The monoisotopic (exact) mass is 250 g/mol. The minimum absolute atomic E-state index is 0.280. The Bertz CT molecular complexity index is 349. The molecule has 0 bridgehead atoms. The van der Waals surface area contributed by atoms with Crippen LogP contribution in [0.25, 0.3) is 0 Å². The zero-order valence-electron chi connectivity index (χ0n) is 9.28. The Morgan fingerprint density at radius 2 is 1.59 bits per heavy atom. The van der Waals surface area contributed by atoms with Crippen LogP contribution in [0.15, 0.2) is 0 Å². The largest absolute Gasteiger partial charge is 0.471 e. The molecule has 0 heterocycles. The highest BCUT2D eigenvalue weighted by Crippen LogP contribution is 2.46. The highest BCUT2D eigenvalue weighted by Gasteiger charge is 2.54. The Morgan fingerprint density at radius 3 is 1.94 bits per heavy atom. The van der Waals surface area contributed by atoms with Gasteiger partial charge < -0.3 is 10.6 Å². The summed E-state index contributed by atoms with van der Waals surface area (Å²) in [4.78, 5) is 22.4. The molecule has 2 aliphatic rings. The third-order valence-electron chi connectivity index (χ3n) is 3.26. The number of rotatable bonds is 3. The van der Waals surface area contributed by atoms with E-state index in [1.807, 2.05) is 5.32 Å². The first-order valence-corrected chi connectivity index (χ1v) is 5.39. The predicted octanol–water partition coefficient (Wildman–Crippen LogP) is 1.07. The summed E-state index contributed by atoms with van der Waals surface area (Å²) in [7, 11) is 0. The maximum absolute atomic E-state index is 12.1. The molecule has 2 rings (SSSR count). The fourth-order valence-electron chi connectivity index (χ4n) is 1.48. The summed E-state index contributed by atoms with van der Waals surface area (Å²) in [6, 6.07) is 0. The SMILES string of the molecule is CC1(C(=O)NC2(NC(=O)C(F)(F)F)CC2)CC1. The van der Waals surface area contributed by atoms with E-state index < -0.39 is 23.2 Å². The van der Waals surface area contributed by atoms with Crippen molar-refractivity contribution in [3.63, 3.8) is 0 Å². The van der Waals surface area contributed by atoms with Crippen LogP contribution in [0, 0.1) is 5.41 Å². The summed E-state index contributed by atoms with van der Waals surface area (Å²) >= 11 is 0. The number of nitrogens with one attached hydrogen (secondary N) is 2. The van der Waals surface area contributed by atoms with Gasteiger partial charge in [-0.3, -0.25) is 9.59 Å². The summed E-state index contributed by atoms with van der Waals surface area (Å²) in [6.07, 6.45) is -2.75. The summed E-state index contributed by atoms with van der Waals surface area (Å²) in [5, 5.41) is 4.34. The highest BCUT2D eigenvalue weighted by molar-refractivity contribution is 5.87. The zero-order chi connectivity index (χ0) is 12.9. The molecule has 2 aliphatic carbocycles. The molecule has 4 nitrogen and oxygen atoms in total. The van der Waals surface area contributed by atoms with Gasteiger partial charge in [0.2, 0.25) is 5.91 Å². The second kappa shape index (κ2) is 3.36. The van der Waals surface area contributed by atoms with Gasteiger partial charge >= 0.3 is 12.1 Å². The maximum Gasteiger partial charge on any atom is 0.471 e. The summed E-state index contributed by atoms with van der Waals surface area (Å²) in [5.74, 6) is -2.28.